The zero-order valence-electron chi connectivity index (χ0n) is 22.6. The summed E-state index contributed by atoms with van der Waals surface area (Å²) in [5.41, 5.74) is 8.58. The van der Waals surface area contributed by atoms with Gasteiger partial charge in [-0.3, -0.25) is 0 Å². The third-order valence-electron chi connectivity index (χ3n) is 6.57. The molecule has 7 nitrogen and oxygen atoms in total. The predicted molar refractivity (Wildman–Crippen MR) is 150 cm³/mol. The van der Waals surface area contributed by atoms with Gasteiger partial charge in [0.05, 0.1) is 26.4 Å². The Balaban J connectivity index is 0.000000191. The first-order valence-corrected chi connectivity index (χ1v) is 15.5. The van der Waals surface area contributed by atoms with Gasteiger partial charge in [0, 0.05) is 26.0 Å². The minimum absolute atomic E-state index is 0. The molecule has 0 aliphatic carbocycles. The van der Waals surface area contributed by atoms with Gasteiger partial charge in [-0.15, -0.1) is 35.9 Å². The van der Waals surface area contributed by atoms with Crippen molar-refractivity contribution in [3.05, 3.63) is 84.9 Å². The zero-order valence-corrected chi connectivity index (χ0v) is 25.9. The molecule has 3 aromatic rings. The van der Waals surface area contributed by atoms with Crippen molar-refractivity contribution < 1.29 is 47.6 Å². The Bertz CT molecular complexity index is 1320. The summed E-state index contributed by atoms with van der Waals surface area (Å²) < 4.78 is 45.9. The van der Waals surface area contributed by atoms with Crippen LogP contribution in [0.3, 0.4) is 0 Å². The molecule has 10 heteroatoms. The number of nitrogens with two attached hydrogens (primary N) is 1. The molecule has 4 saturated heterocycles. The van der Waals surface area contributed by atoms with Gasteiger partial charge in [-0.2, -0.15) is 0 Å². The number of anilines is 1. The second kappa shape index (κ2) is 11.7. The van der Waals surface area contributed by atoms with E-state index >= 15 is 0 Å². The number of ether oxygens (including phenoxy) is 3. The van der Waals surface area contributed by atoms with Gasteiger partial charge in [0.25, 0.3) is 5.97 Å². The molecule has 4 aliphatic heterocycles. The second-order valence-corrected chi connectivity index (χ2v) is 15.0. The standard InChI is InChI=1S/C16H21O3P.C12H10N.CH4O3S.Pd/c1-13-10-14(2)18-16(4,17-13)19-15(3,11-13)20(14)12-8-6-5-7-9-12;13-12-9-5-4-8-11(12)10-6-2-1-3-7-10;1-5(2,3)4;/h5-9H,10-11H2,1-4H3;1-6,8-9H,13H2;1H3,(H,2,3,4);/q;-1;;+2/p-1/t13?,14-,15+,16?,20?;;;. The molecule has 3 aromatic carbocycles. The van der Waals surface area contributed by atoms with Crippen LogP contribution in [0.2, 0.25) is 0 Å². The molecule has 0 spiro atoms. The molecule has 2 N–H and O–H groups in total. The normalized spacial score (nSPS) is 32.1. The zero-order chi connectivity index (χ0) is 27.8. The number of hydrogen-bond donors (Lipinski definition) is 1. The van der Waals surface area contributed by atoms with Gasteiger partial charge >= 0.3 is 20.4 Å². The molecule has 3 unspecified atom stereocenters. The van der Waals surface area contributed by atoms with Crippen molar-refractivity contribution in [3.8, 4) is 11.1 Å². The first kappa shape index (κ1) is 31.9. The second-order valence-electron chi connectivity index (χ2n) is 10.6. The Morgan fingerprint density at radius 3 is 1.85 bits per heavy atom. The molecule has 39 heavy (non-hydrogen) atoms. The Morgan fingerprint density at radius 1 is 0.846 bits per heavy atom. The monoisotopic (exact) mass is 661 g/mol. The van der Waals surface area contributed by atoms with Crippen molar-refractivity contribution in [2.75, 3.05) is 12.0 Å². The van der Waals surface area contributed by atoms with Crippen molar-refractivity contribution in [2.45, 2.75) is 62.8 Å². The van der Waals surface area contributed by atoms with Gasteiger partial charge in [0.1, 0.15) is 0 Å². The quantitative estimate of drug-likeness (QED) is 0.128. The van der Waals surface area contributed by atoms with Crippen LogP contribution in [0.4, 0.5) is 5.69 Å². The molecule has 0 amide bonds. The van der Waals surface area contributed by atoms with Crippen molar-refractivity contribution in [2.24, 2.45) is 0 Å². The molecule has 4 heterocycles. The number of para-hydroxylation sites is 1. The SMILES string of the molecule is CC12C[C@@]3(C)OC(C)(O1)O[C@@](C)(C2)P3c1ccccc1.CS(=O)(=O)[O-].Nc1ccccc1-c1[c-]cccc1.[Pd+2]. The van der Waals surface area contributed by atoms with Gasteiger partial charge < -0.3 is 24.5 Å². The summed E-state index contributed by atoms with van der Waals surface area (Å²) in [4.78, 5) is 0. The number of rotatable bonds is 2. The van der Waals surface area contributed by atoms with Gasteiger partial charge in [-0.05, 0) is 45.8 Å². The average Bonchev–Trinajstić information content (AvgIpc) is 2.77. The maximum Gasteiger partial charge on any atom is 2.00 e. The first-order chi connectivity index (χ1) is 17.6. The largest absolute Gasteiger partial charge is 2.00 e. The summed E-state index contributed by atoms with van der Waals surface area (Å²) in [5.74, 6) is -0.887. The fourth-order valence-electron chi connectivity index (χ4n) is 6.08. The maximum absolute atomic E-state index is 9.08. The average molecular weight is 662 g/mol. The van der Waals surface area contributed by atoms with Crippen molar-refractivity contribution in [1.82, 2.24) is 0 Å². The van der Waals surface area contributed by atoms with Crippen LogP contribution in [0.15, 0.2) is 78.9 Å². The molecule has 0 saturated carbocycles. The van der Waals surface area contributed by atoms with E-state index < -0.39 is 24.0 Å². The predicted octanol–water partition coefficient (Wildman–Crippen LogP) is 5.42. The van der Waals surface area contributed by atoms with Gasteiger partial charge in [-0.25, -0.2) is 8.42 Å². The van der Waals surface area contributed by atoms with E-state index in [1.807, 2.05) is 55.5 Å². The van der Waals surface area contributed by atoms with E-state index in [2.05, 4.69) is 57.2 Å². The Kier molecular flexibility index (Phi) is 9.54. The molecule has 5 atom stereocenters. The molecule has 4 fully saturated rings. The van der Waals surface area contributed by atoms with Crippen LogP contribution in [0.1, 0.15) is 40.5 Å². The summed E-state index contributed by atoms with van der Waals surface area (Å²) in [7, 11) is -4.47. The van der Waals surface area contributed by atoms with E-state index in [4.69, 9.17) is 32.9 Å². The van der Waals surface area contributed by atoms with Crippen molar-refractivity contribution >= 4 is 29.0 Å². The summed E-state index contributed by atoms with van der Waals surface area (Å²) in [6, 6.07) is 29.5. The fourth-order valence-corrected chi connectivity index (χ4v) is 10.1. The van der Waals surface area contributed by atoms with E-state index in [0.717, 1.165) is 29.7 Å². The third kappa shape index (κ3) is 7.55. The smallest absolute Gasteiger partial charge is 0.748 e. The van der Waals surface area contributed by atoms with Crippen LogP contribution in [-0.2, 0) is 44.8 Å². The van der Waals surface area contributed by atoms with E-state index in [1.54, 1.807) is 0 Å². The molecule has 0 aromatic heterocycles. The molecule has 7 rings (SSSR count). The number of benzene rings is 3. The van der Waals surface area contributed by atoms with Crippen molar-refractivity contribution in [1.29, 1.82) is 0 Å². The third-order valence-corrected chi connectivity index (χ3v) is 9.77. The van der Waals surface area contributed by atoms with Crippen LogP contribution in [0.25, 0.3) is 11.1 Å². The number of hydrogen-bond acceptors (Lipinski definition) is 7. The molecule has 4 aliphatic rings. The summed E-state index contributed by atoms with van der Waals surface area (Å²) >= 11 is 0. The topological polar surface area (TPSA) is 111 Å². The minimum Gasteiger partial charge on any atom is -0.748 e. The number of nitrogen functional groups attached to an aromatic ring is 1. The molecule has 0 radical (unpaired) electrons. The van der Waals surface area contributed by atoms with Crippen LogP contribution >= 0.6 is 7.92 Å². The molecule has 4 bridgehead atoms. The Morgan fingerprint density at radius 2 is 1.36 bits per heavy atom. The molecular weight excluding hydrogens is 628 g/mol. The first-order valence-electron chi connectivity index (χ1n) is 12.3. The molecular formula is C29H34NO6PPdS. The fraction of sp³-hybridized carbons (Fsp3) is 0.379. The van der Waals surface area contributed by atoms with Crippen LogP contribution in [0.5, 0.6) is 0 Å². The van der Waals surface area contributed by atoms with E-state index in [0.29, 0.717) is 6.26 Å². The van der Waals surface area contributed by atoms with Crippen LogP contribution in [-0.4, -0.2) is 41.5 Å². The van der Waals surface area contributed by atoms with Crippen LogP contribution < -0.4 is 11.0 Å². The maximum atomic E-state index is 9.08. The van der Waals surface area contributed by atoms with Crippen molar-refractivity contribution in [3.63, 3.8) is 0 Å². The Hall–Kier alpha value is -1.66. The van der Waals surface area contributed by atoms with Gasteiger partial charge in [-0.1, -0.05) is 54.1 Å². The van der Waals surface area contributed by atoms with E-state index in [9.17, 15) is 0 Å². The van der Waals surface area contributed by atoms with E-state index in [1.165, 1.54) is 5.30 Å². The van der Waals surface area contributed by atoms with Gasteiger partial charge in [0.15, 0.2) is 0 Å². The summed E-state index contributed by atoms with van der Waals surface area (Å²) in [5, 5.41) is 1.01. The Labute approximate surface area is 246 Å². The molecule has 212 valence electrons. The minimum atomic E-state index is -3.92. The summed E-state index contributed by atoms with van der Waals surface area (Å²) in [6.45, 7) is 8.59. The van der Waals surface area contributed by atoms with Crippen LogP contribution in [0, 0.1) is 6.07 Å². The summed E-state index contributed by atoms with van der Waals surface area (Å²) in [6.07, 6.45) is 2.48. The van der Waals surface area contributed by atoms with E-state index in [-0.39, 0.29) is 36.7 Å². The van der Waals surface area contributed by atoms with Gasteiger partial charge in [0.2, 0.25) is 0 Å².